The standard InChI is InChI=1S/C19H17N3O3.K.H/c1-13(21-18(19(24)25)15-5-3-2-4-6-15)11-17(23)22-16-9-7-14(12-20)8-10-16;;/h2-11,18,21H,1H3,(H,22,23)(H,24,25);;/b13-11+;;. The van der Waals surface area contributed by atoms with E-state index in [9.17, 15) is 14.7 Å². The maximum absolute atomic E-state index is 12.0. The summed E-state index contributed by atoms with van der Waals surface area (Å²) in [6.45, 7) is 1.62. The topological polar surface area (TPSA) is 102 Å². The van der Waals surface area contributed by atoms with Gasteiger partial charge in [-0.25, -0.2) is 4.79 Å². The number of nitriles is 1. The van der Waals surface area contributed by atoms with Gasteiger partial charge in [0.25, 0.3) is 0 Å². The number of nitrogens with zero attached hydrogens (tertiary/aromatic N) is 1. The minimum absolute atomic E-state index is 0. The van der Waals surface area contributed by atoms with Crippen LogP contribution >= 0.6 is 0 Å². The van der Waals surface area contributed by atoms with Gasteiger partial charge in [-0.3, -0.25) is 4.79 Å². The Labute approximate surface area is 194 Å². The van der Waals surface area contributed by atoms with Crippen LogP contribution in [-0.4, -0.2) is 68.4 Å². The Morgan fingerprint density at radius 1 is 1.12 bits per heavy atom. The van der Waals surface area contributed by atoms with Gasteiger partial charge < -0.3 is 15.7 Å². The molecule has 3 N–H and O–H groups in total. The van der Waals surface area contributed by atoms with Crippen LogP contribution < -0.4 is 10.6 Å². The van der Waals surface area contributed by atoms with Crippen molar-refractivity contribution >= 4 is 68.9 Å². The monoisotopic (exact) mass is 375 g/mol. The van der Waals surface area contributed by atoms with E-state index in [1.807, 2.05) is 6.07 Å². The molecule has 0 fully saturated rings. The summed E-state index contributed by atoms with van der Waals surface area (Å²) in [4.78, 5) is 23.5. The van der Waals surface area contributed by atoms with E-state index in [-0.39, 0.29) is 51.4 Å². The number of nitrogens with one attached hydrogen (secondary N) is 2. The SMILES string of the molecule is C/C(=C\C(=O)Nc1ccc(C#N)cc1)NC(C(=O)O)c1ccccc1.[KH]. The van der Waals surface area contributed by atoms with Crippen LogP contribution in [-0.2, 0) is 9.59 Å². The van der Waals surface area contributed by atoms with Gasteiger partial charge in [-0.05, 0) is 36.8 Å². The Hall–Kier alpha value is -1.95. The van der Waals surface area contributed by atoms with Gasteiger partial charge >= 0.3 is 57.4 Å². The summed E-state index contributed by atoms with van der Waals surface area (Å²) in [6.07, 6.45) is 1.29. The predicted octanol–water partition coefficient (Wildman–Crippen LogP) is 2.17. The maximum atomic E-state index is 12.0. The average molecular weight is 375 g/mol. The van der Waals surface area contributed by atoms with Crippen LogP contribution in [0.4, 0.5) is 5.69 Å². The van der Waals surface area contributed by atoms with Gasteiger partial charge in [0.2, 0.25) is 5.91 Å². The molecule has 0 aromatic heterocycles. The molecule has 1 atom stereocenters. The fraction of sp³-hybridized carbons (Fsp3) is 0.105. The molecule has 26 heavy (non-hydrogen) atoms. The van der Waals surface area contributed by atoms with Crippen LogP contribution in [0.3, 0.4) is 0 Å². The Morgan fingerprint density at radius 2 is 1.73 bits per heavy atom. The Balaban J connectivity index is 0.00000338. The second-order valence-electron chi connectivity index (χ2n) is 5.33. The number of benzene rings is 2. The van der Waals surface area contributed by atoms with E-state index in [1.165, 1.54) is 6.08 Å². The molecule has 6 nitrogen and oxygen atoms in total. The summed E-state index contributed by atoms with van der Waals surface area (Å²) in [7, 11) is 0. The quantitative estimate of drug-likeness (QED) is 0.530. The minimum atomic E-state index is -1.04. The first-order valence-electron chi connectivity index (χ1n) is 7.53. The third kappa shape index (κ3) is 6.75. The van der Waals surface area contributed by atoms with Crippen LogP contribution in [0.15, 0.2) is 66.4 Å². The molecule has 0 spiro atoms. The van der Waals surface area contributed by atoms with E-state index in [4.69, 9.17) is 5.26 Å². The molecule has 0 aliphatic rings. The molecule has 2 rings (SSSR count). The second kappa shape index (κ2) is 10.9. The van der Waals surface area contributed by atoms with Crippen molar-refractivity contribution in [3.05, 3.63) is 77.5 Å². The van der Waals surface area contributed by atoms with Crippen molar-refractivity contribution in [3.63, 3.8) is 0 Å². The number of hydrogen-bond acceptors (Lipinski definition) is 4. The summed E-state index contributed by atoms with van der Waals surface area (Å²) in [5.41, 5.74) is 2.06. The number of aliphatic carboxylic acids is 1. The summed E-state index contributed by atoms with van der Waals surface area (Å²) < 4.78 is 0. The predicted molar refractivity (Wildman–Crippen MR) is 101 cm³/mol. The fourth-order valence-corrected chi connectivity index (χ4v) is 2.21. The summed E-state index contributed by atoms with van der Waals surface area (Å²) in [5, 5.41) is 23.6. The normalized spacial score (nSPS) is 11.5. The van der Waals surface area contributed by atoms with E-state index in [0.29, 0.717) is 22.5 Å². The third-order valence-electron chi connectivity index (χ3n) is 3.38. The number of carboxylic acids is 1. The molecule has 0 aliphatic heterocycles. The first-order chi connectivity index (χ1) is 12.0. The number of carboxylic acid groups (broad SMARTS) is 1. The van der Waals surface area contributed by atoms with E-state index in [2.05, 4.69) is 10.6 Å². The molecule has 1 amide bonds. The van der Waals surface area contributed by atoms with Crippen LogP contribution in [0.1, 0.15) is 24.1 Å². The van der Waals surface area contributed by atoms with E-state index >= 15 is 0 Å². The Morgan fingerprint density at radius 3 is 2.27 bits per heavy atom. The molecule has 7 heteroatoms. The number of amides is 1. The van der Waals surface area contributed by atoms with Gasteiger partial charge in [0.1, 0.15) is 6.04 Å². The molecule has 0 saturated carbocycles. The van der Waals surface area contributed by atoms with Gasteiger partial charge in [0.05, 0.1) is 11.6 Å². The van der Waals surface area contributed by atoms with Gasteiger partial charge in [-0.1, -0.05) is 30.3 Å². The number of allylic oxidation sites excluding steroid dienone is 1. The summed E-state index contributed by atoms with van der Waals surface area (Å²) >= 11 is 0. The first-order valence-corrected chi connectivity index (χ1v) is 7.53. The van der Waals surface area contributed by atoms with E-state index in [0.717, 1.165) is 0 Å². The van der Waals surface area contributed by atoms with Crippen LogP contribution in [0.2, 0.25) is 0 Å². The van der Waals surface area contributed by atoms with Gasteiger partial charge in [-0.2, -0.15) is 5.26 Å². The molecule has 2 aromatic rings. The number of anilines is 1. The summed E-state index contributed by atoms with van der Waals surface area (Å²) in [6, 6.07) is 16.2. The van der Waals surface area contributed by atoms with E-state index < -0.39 is 17.9 Å². The molecule has 0 heterocycles. The van der Waals surface area contributed by atoms with Crippen LogP contribution in [0, 0.1) is 11.3 Å². The molecule has 0 aliphatic carbocycles. The fourth-order valence-electron chi connectivity index (χ4n) is 2.21. The molecule has 2 aromatic carbocycles. The van der Waals surface area contributed by atoms with Crippen molar-refractivity contribution in [3.8, 4) is 6.07 Å². The van der Waals surface area contributed by atoms with Gasteiger partial charge in [0, 0.05) is 17.5 Å². The molecular weight excluding hydrogens is 357 g/mol. The van der Waals surface area contributed by atoms with Crippen LogP contribution in [0.5, 0.6) is 0 Å². The second-order valence-corrected chi connectivity index (χ2v) is 5.33. The molecule has 128 valence electrons. The van der Waals surface area contributed by atoms with Crippen molar-refractivity contribution in [2.24, 2.45) is 0 Å². The Kier molecular flexibility index (Phi) is 9.27. The van der Waals surface area contributed by atoms with Gasteiger partial charge in [-0.15, -0.1) is 0 Å². The molecule has 1 unspecified atom stereocenters. The zero-order valence-electron chi connectivity index (χ0n) is 13.6. The van der Waals surface area contributed by atoms with Crippen molar-refractivity contribution in [2.75, 3.05) is 5.32 Å². The third-order valence-corrected chi connectivity index (χ3v) is 3.38. The summed E-state index contributed by atoms with van der Waals surface area (Å²) in [5.74, 6) is -1.43. The number of carbonyl (C=O) groups excluding carboxylic acids is 1. The zero-order valence-corrected chi connectivity index (χ0v) is 13.6. The number of rotatable bonds is 6. The molecule has 0 radical (unpaired) electrons. The molecule has 0 bridgehead atoms. The van der Waals surface area contributed by atoms with Crippen molar-refractivity contribution in [2.45, 2.75) is 13.0 Å². The molecule has 0 saturated heterocycles. The number of hydrogen-bond donors (Lipinski definition) is 3. The zero-order chi connectivity index (χ0) is 18.2. The van der Waals surface area contributed by atoms with Crippen LogP contribution in [0.25, 0.3) is 0 Å². The number of carbonyl (C=O) groups is 2. The van der Waals surface area contributed by atoms with Crippen molar-refractivity contribution in [1.82, 2.24) is 5.32 Å². The first kappa shape index (κ1) is 22.1. The van der Waals surface area contributed by atoms with Crippen molar-refractivity contribution < 1.29 is 14.7 Å². The molecular formula is C19H18KN3O3. The van der Waals surface area contributed by atoms with E-state index in [1.54, 1.807) is 61.5 Å². The van der Waals surface area contributed by atoms with Gasteiger partial charge in [0.15, 0.2) is 0 Å². The average Bonchev–Trinajstić information content (AvgIpc) is 2.60. The Bertz CT molecular complexity index is 827. The van der Waals surface area contributed by atoms with Crippen molar-refractivity contribution in [1.29, 1.82) is 5.26 Å².